The van der Waals surface area contributed by atoms with Gasteiger partial charge in [0.25, 0.3) is 0 Å². The van der Waals surface area contributed by atoms with E-state index in [1.165, 1.54) is 18.6 Å². The first kappa shape index (κ1) is 22.3. The van der Waals surface area contributed by atoms with Gasteiger partial charge in [-0.1, -0.05) is 19.3 Å². The molecule has 1 saturated carbocycles. The molecular weight excluding hydrogens is 397 g/mol. The second-order valence-corrected chi connectivity index (χ2v) is 8.11. The fourth-order valence-electron chi connectivity index (χ4n) is 4.33. The number of hydrogen-bond donors (Lipinski definition) is 2. The molecule has 0 aromatic heterocycles. The van der Waals surface area contributed by atoms with Gasteiger partial charge in [-0.3, -0.25) is 9.59 Å². The molecule has 1 saturated heterocycles. The standard InChI is InChI=1S/C22H27F3N2O3/c23-17-12-14(13-18(24)20(17)25)6-7-19(28)27-10-8-15(9-11-27)21(22(29)30)26-16-4-2-1-3-5-16/h6-7,12-13,15-16,21,26H,1-5,8-11H2,(H,29,30)/b7-6+. The Bertz CT molecular complexity index is 778. The van der Waals surface area contributed by atoms with Gasteiger partial charge in [-0.25, -0.2) is 13.2 Å². The summed E-state index contributed by atoms with van der Waals surface area (Å²) in [6.45, 7) is 0.826. The Morgan fingerprint density at radius 2 is 1.63 bits per heavy atom. The molecule has 5 nitrogen and oxygen atoms in total. The number of aliphatic carboxylic acids is 1. The Morgan fingerprint density at radius 3 is 2.20 bits per heavy atom. The first-order chi connectivity index (χ1) is 14.3. The van der Waals surface area contributed by atoms with E-state index >= 15 is 0 Å². The van der Waals surface area contributed by atoms with Crippen molar-refractivity contribution in [1.29, 1.82) is 0 Å². The van der Waals surface area contributed by atoms with E-state index in [9.17, 15) is 27.9 Å². The van der Waals surface area contributed by atoms with Crippen molar-refractivity contribution >= 4 is 18.0 Å². The Labute approximate surface area is 173 Å². The van der Waals surface area contributed by atoms with Crippen molar-refractivity contribution in [1.82, 2.24) is 10.2 Å². The normalized spacial score (nSPS) is 19.9. The van der Waals surface area contributed by atoms with Crippen LogP contribution in [-0.4, -0.2) is 47.1 Å². The predicted octanol–water partition coefficient (Wildman–Crippen LogP) is 3.73. The molecule has 1 atom stereocenters. The molecule has 164 valence electrons. The minimum Gasteiger partial charge on any atom is -0.480 e. The third kappa shape index (κ3) is 5.62. The monoisotopic (exact) mass is 424 g/mol. The lowest BCUT2D eigenvalue weighted by Gasteiger charge is -2.36. The summed E-state index contributed by atoms with van der Waals surface area (Å²) in [6.07, 6.45) is 8.99. The SMILES string of the molecule is O=C(O)C(NC1CCCCC1)C1CCN(C(=O)/C=C/c2cc(F)c(F)c(F)c2)CC1. The average molecular weight is 424 g/mol. The molecule has 0 spiro atoms. The number of rotatable bonds is 6. The molecule has 1 aromatic rings. The van der Waals surface area contributed by atoms with E-state index in [1.54, 1.807) is 4.90 Å². The van der Waals surface area contributed by atoms with Crippen LogP contribution in [0.15, 0.2) is 18.2 Å². The third-order valence-electron chi connectivity index (χ3n) is 6.03. The first-order valence-electron chi connectivity index (χ1n) is 10.5. The van der Waals surface area contributed by atoms with E-state index in [-0.39, 0.29) is 23.4 Å². The number of carboxylic acid groups (broad SMARTS) is 1. The number of carboxylic acids is 1. The fraction of sp³-hybridized carbons (Fsp3) is 0.545. The Balaban J connectivity index is 1.54. The summed E-state index contributed by atoms with van der Waals surface area (Å²) < 4.78 is 39.6. The van der Waals surface area contributed by atoms with Gasteiger partial charge in [-0.05, 0) is 55.4 Å². The van der Waals surface area contributed by atoms with Crippen LogP contribution in [0.1, 0.15) is 50.5 Å². The van der Waals surface area contributed by atoms with Crippen LogP contribution in [0, 0.1) is 23.4 Å². The molecule has 0 bridgehead atoms. The van der Waals surface area contributed by atoms with E-state index < -0.39 is 29.5 Å². The summed E-state index contributed by atoms with van der Waals surface area (Å²) in [5.74, 6) is -5.41. The molecule has 1 amide bonds. The lowest BCUT2D eigenvalue weighted by Crippen LogP contribution is -2.51. The first-order valence-corrected chi connectivity index (χ1v) is 10.5. The summed E-state index contributed by atoms with van der Waals surface area (Å²) in [5, 5.41) is 13.0. The fourth-order valence-corrected chi connectivity index (χ4v) is 4.33. The van der Waals surface area contributed by atoms with Crippen LogP contribution in [0.3, 0.4) is 0 Å². The van der Waals surface area contributed by atoms with Gasteiger partial charge in [0.2, 0.25) is 5.91 Å². The second kappa shape index (κ2) is 10.1. The van der Waals surface area contributed by atoms with Gasteiger partial charge in [0, 0.05) is 25.2 Å². The molecule has 1 aromatic carbocycles. The molecular formula is C22H27F3N2O3. The van der Waals surface area contributed by atoms with Gasteiger partial charge in [-0.15, -0.1) is 0 Å². The highest BCUT2D eigenvalue weighted by molar-refractivity contribution is 5.91. The molecule has 2 N–H and O–H groups in total. The van der Waals surface area contributed by atoms with Gasteiger partial charge < -0.3 is 15.3 Å². The zero-order valence-electron chi connectivity index (χ0n) is 16.8. The maximum Gasteiger partial charge on any atom is 0.320 e. The number of nitrogens with one attached hydrogen (secondary N) is 1. The summed E-state index contributed by atoms with van der Waals surface area (Å²) in [4.78, 5) is 25.8. The zero-order valence-corrected chi connectivity index (χ0v) is 16.8. The number of likely N-dealkylation sites (tertiary alicyclic amines) is 1. The quantitative estimate of drug-likeness (QED) is 0.539. The van der Waals surface area contributed by atoms with Crippen LogP contribution in [0.25, 0.3) is 6.08 Å². The molecule has 1 aliphatic heterocycles. The van der Waals surface area contributed by atoms with Crippen LogP contribution < -0.4 is 5.32 Å². The number of carbonyl (C=O) groups is 2. The molecule has 2 fully saturated rings. The Kier molecular flexibility index (Phi) is 7.53. The molecule has 3 rings (SSSR count). The number of benzene rings is 1. The van der Waals surface area contributed by atoms with Crippen molar-refractivity contribution < 1.29 is 27.9 Å². The van der Waals surface area contributed by atoms with Gasteiger partial charge in [0.1, 0.15) is 6.04 Å². The third-order valence-corrected chi connectivity index (χ3v) is 6.03. The number of hydrogen-bond acceptors (Lipinski definition) is 3. The van der Waals surface area contributed by atoms with E-state index in [2.05, 4.69) is 5.32 Å². The summed E-state index contributed by atoms with van der Waals surface area (Å²) >= 11 is 0. The van der Waals surface area contributed by atoms with Crippen molar-refractivity contribution in [2.75, 3.05) is 13.1 Å². The largest absolute Gasteiger partial charge is 0.480 e. The molecule has 1 heterocycles. The van der Waals surface area contributed by atoms with Gasteiger partial charge in [0.05, 0.1) is 0 Å². The number of halogens is 3. The zero-order chi connectivity index (χ0) is 21.7. The predicted molar refractivity (Wildman–Crippen MR) is 106 cm³/mol. The summed E-state index contributed by atoms with van der Waals surface area (Å²) in [7, 11) is 0. The number of amides is 1. The van der Waals surface area contributed by atoms with Gasteiger partial charge in [-0.2, -0.15) is 0 Å². The molecule has 1 unspecified atom stereocenters. The minimum atomic E-state index is -1.55. The Hall–Kier alpha value is -2.35. The van der Waals surface area contributed by atoms with E-state index in [4.69, 9.17) is 0 Å². The average Bonchev–Trinajstić information content (AvgIpc) is 2.74. The van der Waals surface area contributed by atoms with E-state index in [0.717, 1.165) is 37.8 Å². The number of nitrogens with zero attached hydrogens (tertiary/aromatic N) is 1. The lowest BCUT2D eigenvalue weighted by atomic mass is 9.87. The van der Waals surface area contributed by atoms with E-state index in [0.29, 0.717) is 25.9 Å². The van der Waals surface area contributed by atoms with Crippen LogP contribution in [0.4, 0.5) is 13.2 Å². The van der Waals surface area contributed by atoms with Crippen molar-refractivity contribution in [3.8, 4) is 0 Å². The molecule has 2 aliphatic rings. The maximum atomic E-state index is 13.3. The highest BCUT2D eigenvalue weighted by atomic mass is 19.2. The van der Waals surface area contributed by atoms with Gasteiger partial charge in [0.15, 0.2) is 17.5 Å². The maximum absolute atomic E-state index is 13.3. The van der Waals surface area contributed by atoms with Crippen molar-refractivity contribution in [3.63, 3.8) is 0 Å². The molecule has 0 radical (unpaired) electrons. The minimum absolute atomic E-state index is 0.0530. The van der Waals surface area contributed by atoms with Crippen LogP contribution >= 0.6 is 0 Å². The van der Waals surface area contributed by atoms with Crippen molar-refractivity contribution in [2.24, 2.45) is 5.92 Å². The number of carbonyl (C=O) groups excluding carboxylic acids is 1. The summed E-state index contributed by atoms with van der Waals surface area (Å²) in [5.41, 5.74) is 0.0530. The van der Waals surface area contributed by atoms with Crippen molar-refractivity contribution in [2.45, 2.75) is 57.0 Å². The molecule has 30 heavy (non-hydrogen) atoms. The number of piperidine rings is 1. The highest BCUT2D eigenvalue weighted by Gasteiger charge is 2.33. The van der Waals surface area contributed by atoms with Gasteiger partial charge >= 0.3 is 5.97 Å². The smallest absolute Gasteiger partial charge is 0.320 e. The molecule has 8 heteroatoms. The lowest BCUT2D eigenvalue weighted by molar-refractivity contribution is -0.142. The summed E-state index contributed by atoms with van der Waals surface area (Å²) in [6, 6.07) is 1.26. The van der Waals surface area contributed by atoms with Crippen molar-refractivity contribution in [3.05, 3.63) is 41.2 Å². The van der Waals surface area contributed by atoms with Crippen LogP contribution in [-0.2, 0) is 9.59 Å². The molecule has 1 aliphatic carbocycles. The van der Waals surface area contributed by atoms with Crippen LogP contribution in [0.2, 0.25) is 0 Å². The highest BCUT2D eigenvalue weighted by Crippen LogP contribution is 2.25. The van der Waals surface area contributed by atoms with Crippen LogP contribution in [0.5, 0.6) is 0 Å². The second-order valence-electron chi connectivity index (χ2n) is 8.11. The topological polar surface area (TPSA) is 69.6 Å². The van der Waals surface area contributed by atoms with E-state index in [1.807, 2.05) is 0 Å². The Morgan fingerprint density at radius 1 is 1.03 bits per heavy atom.